The number of benzene rings is 1. The average Bonchev–Trinajstić information content (AvgIpc) is 2.85. The van der Waals surface area contributed by atoms with Gasteiger partial charge in [0.25, 0.3) is 0 Å². The largest absolute Gasteiger partial charge is 0.468 e. The Bertz CT molecular complexity index is 630. The normalized spacial score (nSPS) is 16.1. The number of H-pyrrole nitrogens is 1. The molecular weight excluding hydrogens is 240 g/mol. The number of aromatic amines is 1. The molecule has 1 aliphatic carbocycles. The maximum absolute atomic E-state index is 11.6. The zero-order chi connectivity index (χ0) is 13.4. The summed E-state index contributed by atoms with van der Waals surface area (Å²) in [5, 5.41) is 1.04. The molecule has 2 aromatic rings. The number of esters is 1. The number of aromatic nitrogens is 1. The van der Waals surface area contributed by atoms with Gasteiger partial charge in [0.05, 0.1) is 7.11 Å². The summed E-state index contributed by atoms with van der Waals surface area (Å²) in [6.45, 7) is 0. The molecule has 3 N–H and O–H groups in total. The molecule has 0 bridgehead atoms. The van der Waals surface area contributed by atoms with Crippen molar-refractivity contribution in [1.82, 2.24) is 4.98 Å². The zero-order valence-corrected chi connectivity index (χ0v) is 11.0. The van der Waals surface area contributed by atoms with Crippen LogP contribution in [0.3, 0.4) is 0 Å². The van der Waals surface area contributed by atoms with E-state index in [-0.39, 0.29) is 0 Å². The first-order valence-corrected chi connectivity index (χ1v) is 6.67. The Morgan fingerprint density at radius 2 is 2.00 bits per heavy atom. The molecule has 0 radical (unpaired) electrons. The molecule has 1 unspecified atom stereocenters. The van der Waals surface area contributed by atoms with Crippen LogP contribution in [0, 0.1) is 0 Å². The smallest absolute Gasteiger partial charge is 0.327 e. The van der Waals surface area contributed by atoms with Crippen LogP contribution in [0.2, 0.25) is 0 Å². The van der Waals surface area contributed by atoms with Gasteiger partial charge in [-0.05, 0) is 48.9 Å². The van der Waals surface area contributed by atoms with E-state index in [9.17, 15) is 4.79 Å². The standard InChI is InChI=1S/C15H18N2O2/c1-19-15(18)14(16)12-8-17-13-7-10-5-3-2-4-9(10)6-11(12)13/h6-8,14,17H,2-5,16H2,1H3. The highest BCUT2D eigenvalue weighted by molar-refractivity contribution is 5.90. The molecule has 1 aromatic heterocycles. The molecule has 0 spiro atoms. The highest BCUT2D eigenvalue weighted by Crippen LogP contribution is 2.30. The number of methoxy groups -OCH3 is 1. The molecule has 4 heteroatoms. The molecular formula is C15H18N2O2. The minimum absolute atomic E-state index is 0.404. The van der Waals surface area contributed by atoms with Gasteiger partial charge in [0.15, 0.2) is 0 Å². The van der Waals surface area contributed by atoms with Crippen LogP contribution in [0.5, 0.6) is 0 Å². The van der Waals surface area contributed by atoms with Gasteiger partial charge in [-0.1, -0.05) is 0 Å². The number of fused-ring (bicyclic) bond motifs is 2. The first-order chi connectivity index (χ1) is 9.20. The molecule has 0 saturated carbocycles. The van der Waals surface area contributed by atoms with Gasteiger partial charge in [-0.3, -0.25) is 4.79 Å². The van der Waals surface area contributed by atoms with Gasteiger partial charge in [0, 0.05) is 22.7 Å². The van der Waals surface area contributed by atoms with Crippen molar-refractivity contribution in [3.8, 4) is 0 Å². The molecule has 0 fully saturated rings. The van der Waals surface area contributed by atoms with Crippen molar-refractivity contribution < 1.29 is 9.53 Å². The van der Waals surface area contributed by atoms with Crippen LogP contribution in [-0.2, 0) is 22.4 Å². The maximum atomic E-state index is 11.6. The summed E-state index contributed by atoms with van der Waals surface area (Å²) < 4.78 is 4.72. The predicted molar refractivity (Wildman–Crippen MR) is 73.9 cm³/mol. The van der Waals surface area contributed by atoms with Crippen LogP contribution in [0.25, 0.3) is 10.9 Å². The molecule has 3 rings (SSSR count). The predicted octanol–water partition coefficient (Wildman–Crippen LogP) is 2.22. The van der Waals surface area contributed by atoms with Crippen LogP contribution >= 0.6 is 0 Å². The van der Waals surface area contributed by atoms with Crippen LogP contribution in [-0.4, -0.2) is 18.1 Å². The lowest BCUT2D eigenvalue weighted by molar-refractivity contribution is -0.142. The second-order valence-electron chi connectivity index (χ2n) is 5.12. The summed E-state index contributed by atoms with van der Waals surface area (Å²) in [6.07, 6.45) is 6.57. The minimum Gasteiger partial charge on any atom is -0.468 e. The van der Waals surface area contributed by atoms with Crippen LogP contribution in [0.4, 0.5) is 0 Å². The van der Waals surface area contributed by atoms with E-state index < -0.39 is 12.0 Å². The molecule has 1 aliphatic rings. The quantitative estimate of drug-likeness (QED) is 0.812. The summed E-state index contributed by atoms with van der Waals surface area (Å²) in [5.74, 6) is -0.404. The van der Waals surface area contributed by atoms with Crippen molar-refractivity contribution in [1.29, 1.82) is 0 Å². The van der Waals surface area contributed by atoms with E-state index >= 15 is 0 Å². The van der Waals surface area contributed by atoms with Crippen molar-refractivity contribution >= 4 is 16.9 Å². The van der Waals surface area contributed by atoms with E-state index in [1.165, 1.54) is 31.1 Å². The van der Waals surface area contributed by atoms with Gasteiger partial charge in [-0.25, -0.2) is 0 Å². The molecule has 1 heterocycles. The van der Waals surface area contributed by atoms with E-state index in [0.29, 0.717) is 0 Å². The first-order valence-electron chi connectivity index (χ1n) is 6.67. The molecule has 0 amide bonds. The Kier molecular flexibility index (Phi) is 3.03. The van der Waals surface area contributed by atoms with Crippen molar-refractivity contribution in [2.75, 3.05) is 7.11 Å². The van der Waals surface area contributed by atoms with Crippen molar-refractivity contribution in [2.45, 2.75) is 31.7 Å². The number of ether oxygens (including phenoxy) is 1. The number of nitrogens with two attached hydrogens (primary N) is 1. The second kappa shape index (κ2) is 4.70. The van der Waals surface area contributed by atoms with E-state index in [2.05, 4.69) is 17.1 Å². The molecule has 19 heavy (non-hydrogen) atoms. The van der Waals surface area contributed by atoms with E-state index in [1.807, 2.05) is 6.20 Å². The summed E-state index contributed by atoms with van der Waals surface area (Å²) in [4.78, 5) is 14.8. The lowest BCUT2D eigenvalue weighted by Gasteiger charge is -2.16. The zero-order valence-electron chi connectivity index (χ0n) is 11.0. The van der Waals surface area contributed by atoms with E-state index in [0.717, 1.165) is 29.3 Å². The van der Waals surface area contributed by atoms with Crippen molar-refractivity contribution in [3.05, 3.63) is 35.0 Å². The molecule has 4 nitrogen and oxygen atoms in total. The molecule has 100 valence electrons. The fourth-order valence-corrected chi connectivity index (χ4v) is 2.89. The number of rotatable bonds is 2. The van der Waals surface area contributed by atoms with Gasteiger partial charge in [-0.15, -0.1) is 0 Å². The topological polar surface area (TPSA) is 68.1 Å². The number of carbonyl (C=O) groups excluding carboxylic acids is 1. The van der Waals surface area contributed by atoms with Crippen molar-refractivity contribution in [2.24, 2.45) is 5.73 Å². The first kappa shape index (κ1) is 12.2. The van der Waals surface area contributed by atoms with Gasteiger partial charge >= 0.3 is 5.97 Å². The third-order valence-corrected chi connectivity index (χ3v) is 3.97. The highest BCUT2D eigenvalue weighted by atomic mass is 16.5. The Balaban J connectivity index is 2.09. The summed E-state index contributed by atoms with van der Waals surface area (Å²) in [5.41, 5.74) is 10.6. The summed E-state index contributed by atoms with van der Waals surface area (Å²) in [7, 11) is 1.36. The van der Waals surface area contributed by atoms with Crippen LogP contribution < -0.4 is 5.73 Å². The number of carbonyl (C=O) groups is 1. The van der Waals surface area contributed by atoms with Crippen LogP contribution in [0.15, 0.2) is 18.3 Å². The Labute approximate surface area is 111 Å². The highest BCUT2D eigenvalue weighted by Gasteiger charge is 2.21. The number of hydrogen-bond donors (Lipinski definition) is 2. The van der Waals surface area contributed by atoms with Gasteiger partial charge in [-0.2, -0.15) is 0 Å². The Morgan fingerprint density at radius 3 is 2.68 bits per heavy atom. The molecule has 0 saturated heterocycles. The SMILES string of the molecule is COC(=O)C(N)c1c[nH]c2cc3c(cc12)CCCC3. The van der Waals surface area contributed by atoms with Crippen molar-refractivity contribution in [3.63, 3.8) is 0 Å². The maximum Gasteiger partial charge on any atom is 0.327 e. The summed E-state index contributed by atoms with van der Waals surface area (Å²) in [6, 6.07) is 3.65. The third-order valence-electron chi connectivity index (χ3n) is 3.97. The second-order valence-corrected chi connectivity index (χ2v) is 5.12. The number of hydrogen-bond acceptors (Lipinski definition) is 3. The Morgan fingerprint density at radius 1 is 1.32 bits per heavy atom. The minimum atomic E-state index is -0.722. The number of nitrogens with one attached hydrogen (secondary N) is 1. The molecule has 0 aliphatic heterocycles. The monoisotopic (exact) mass is 258 g/mol. The fourth-order valence-electron chi connectivity index (χ4n) is 2.89. The lowest BCUT2D eigenvalue weighted by Crippen LogP contribution is -2.22. The van der Waals surface area contributed by atoms with E-state index in [4.69, 9.17) is 10.5 Å². The molecule has 1 aromatic carbocycles. The van der Waals surface area contributed by atoms with Crippen LogP contribution in [0.1, 0.15) is 35.6 Å². The third kappa shape index (κ3) is 2.02. The summed E-state index contributed by atoms with van der Waals surface area (Å²) >= 11 is 0. The average molecular weight is 258 g/mol. The van der Waals surface area contributed by atoms with Gasteiger partial charge in [0.1, 0.15) is 6.04 Å². The molecule has 1 atom stereocenters. The Hall–Kier alpha value is -1.81. The van der Waals surface area contributed by atoms with Gasteiger partial charge < -0.3 is 15.5 Å². The van der Waals surface area contributed by atoms with Gasteiger partial charge in [0.2, 0.25) is 0 Å². The number of aryl methyl sites for hydroxylation is 2. The van der Waals surface area contributed by atoms with E-state index in [1.54, 1.807) is 0 Å². The fraction of sp³-hybridized carbons (Fsp3) is 0.400. The lowest BCUT2D eigenvalue weighted by atomic mass is 9.90.